The van der Waals surface area contributed by atoms with Gasteiger partial charge in [-0.05, 0) is 25.2 Å². The lowest BCUT2D eigenvalue weighted by atomic mass is 10.1. The molecule has 0 unspecified atom stereocenters. The highest BCUT2D eigenvalue weighted by Gasteiger charge is 2.14. The fourth-order valence-electron chi connectivity index (χ4n) is 2.17. The third-order valence-corrected chi connectivity index (χ3v) is 3.37. The van der Waals surface area contributed by atoms with Gasteiger partial charge in [-0.3, -0.25) is 0 Å². The summed E-state index contributed by atoms with van der Waals surface area (Å²) in [5, 5.41) is 3.43. The number of hydrogen-bond donors (Lipinski definition) is 1. The summed E-state index contributed by atoms with van der Waals surface area (Å²) in [6.45, 7) is 10.9. The largest absolute Gasteiger partial charge is 0.370 e. The summed E-state index contributed by atoms with van der Waals surface area (Å²) in [6.07, 6.45) is 6.10. The molecule has 1 heterocycles. The Morgan fingerprint density at radius 2 is 1.95 bits per heavy atom. The van der Waals surface area contributed by atoms with Crippen molar-refractivity contribution >= 4 is 11.6 Å². The van der Waals surface area contributed by atoms with Crippen molar-refractivity contribution in [3.8, 4) is 0 Å². The van der Waals surface area contributed by atoms with Crippen LogP contribution in [0.15, 0.2) is 6.33 Å². The van der Waals surface area contributed by atoms with Crippen molar-refractivity contribution in [3.63, 3.8) is 0 Å². The van der Waals surface area contributed by atoms with Crippen LogP contribution in [0.1, 0.15) is 52.5 Å². The number of hydrogen-bond acceptors (Lipinski definition) is 4. The van der Waals surface area contributed by atoms with Crippen molar-refractivity contribution in [2.75, 3.05) is 30.4 Å². The van der Waals surface area contributed by atoms with E-state index in [2.05, 4.69) is 54.9 Å². The normalized spacial score (nSPS) is 10.9. The molecule has 0 saturated carbocycles. The van der Waals surface area contributed by atoms with Crippen LogP contribution in [0.2, 0.25) is 0 Å². The number of rotatable bonds is 9. The summed E-state index contributed by atoms with van der Waals surface area (Å²) in [4.78, 5) is 11.2. The lowest BCUT2D eigenvalue weighted by Gasteiger charge is -2.23. The molecule has 0 atom stereocenters. The minimum absolute atomic E-state index is 0.714. The van der Waals surface area contributed by atoms with Crippen molar-refractivity contribution in [1.29, 1.82) is 0 Å². The average Bonchev–Trinajstić information content (AvgIpc) is 2.43. The molecule has 0 spiro atoms. The predicted octanol–water partition coefficient (Wildman–Crippen LogP) is 3.73. The zero-order chi connectivity index (χ0) is 15.0. The van der Waals surface area contributed by atoms with E-state index in [9.17, 15) is 0 Å². The summed E-state index contributed by atoms with van der Waals surface area (Å²) in [6, 6.07) is 0. The zero-order valence-corrected chi connectivity index (χ0v) is 13.7. The van der Waals surface area contributed by atoms with E-state index < -0.39 is 0 Å². The molecular weight excluding hydrogens is 248 g/mol. The van der Waals surface area contributed by atoms with Crippen LogP contribution >= 0.6 is 0 Å². The lowest BCUT2D eigenvalue weighted by Crippen LogP contribution is -2.23. The maximum atomic E-state index is 4.52. The molecule has 0 fully saturated rings. The Bertz CT molecular complexity index is 390. The van der Waals surface area contributed by atoms with E-state index in [4.69, 9.17) is 0 Å². The van der Waals surface area contributed by atoms with Crippen LogP contribution in [0.5, 0.6) is 0 Å². The maximum absolute atomic E-state index is 4.52. The van der Waals surface area contributed by atoms with E-state index in [1.807, 2.05) is 0 Å². The molecule has 0 bridgehead atoms. The summed E-state index contributed by atoms with van der Waals surface area (Å²) in [5.74, 6) is 2.81. The highest BCUT2D eigenvalue weighted by molar-refractivity contribution is 5.58. The van der Waals surface area contributed by atoms with Crippen LogP contribution in [0.3, 0.4) is 0 Å². The van der Waals surface area contributed by atoms with E-state index in [0.29, 0.717) is 5.92 Å². The van der Waals surface area contributed by atoms with Crippen LogP contribution in [-0.2, 0) is 6.42 Å². The smallest absolute Gasteiger partial charge is 0.137 e. The van der Waals surface area contributed by atoms with Gasteiger partial charge in [0.25, 0.3) is 0 Å². The zero-order valence-electron chi connectivity index (χ0n) is 13.7. The van der Waals surface area contributed by atoms with Gasteiger partial charge >= 0.3 is 0 Å². The second kappa shape index (κ2) is 8.77. The molecule has 1 aromatic rings. The minimum atomic E-state index is 0.714. The van der Waals surface area contributed by atoms with Gasteiger partial charge in [-0.25, -0.2) is 9.97 Å². The Balaban J connectivity index is 2.92. The van der Waals surface area contributed by atoms with Crippen LogP contribution in [0, 0.1) is 5.92 Å². The summed E-state index contributed by atoms with van der Waals surface area (Å²) < 4.78 is 0. The highest BCUT2D eigenvalue weighted by Crippen LogP contribution is 2.24. The molecule has 0 radical (unpaired) electrons. The van der Waals surface area contributed by atoms with Crippen molar-refractivity contribution < 1.29 is 0 Å². The molecule has 0 saturated heterocycles. The third-order valence-electron chi connectivity index (χ3n) is 3.37. The fourth-order valence-corrected chi connectivity index (χ4v) is 2.17. The molecule has 4 nitrogen and oxygen atoms in total. The van der Waals surface area contributed by atoms with E-state index in [-0.39, 0.29) is 0 Å². The molecule has 0 aliphatic heterocycles. The molecule has 20 heavy (non-hydrogen) atoms. The van der Waals surface area contributed by atoms with Crippen LogP contribution in [0.25, 0.3) is 0 Å². The van der Waals surface area contributed by atoms with Gasteiger partial charge in [0, 0.05) is 25.7 Å². The molecule has 0 amide bonds. The van der Waals surface area contributed by atoms with Gasteiger partial charge in [-0.1, -0.05) is 34.1 Å². The van der Waals surface area contributed by atoms with Crippen molar-refractivity contribution in [1.82, 2.24) is 9.97 Å². The standard InChI is InChI=1S/C16H30N4/c1-6-8-14-15(17-10-7-2)18-12-19-16(14)20(5)11-9-13(3)4/h12-13H,6-11H2,1-5H3,(H,17,18,19). The van der Waals surface area contributed by atoms with E-state index in [0.717, 1.165) is 44.0 Å². The second-order valence-corrected chi connectivity index (χ2v) is 5.81. The molecule has 114 valence electrons. The monoisotopic (exact) mass is 278 g/mol. The maximum Gasteiger partial charge on any atom is 0.137 e. The molecule has 4 heteroatoms. The van der Waals surface area contributed by atoms with E-state index in [1.54, 1.807) is 6.33 Å². The molecule has 1 rings (SSSR count). The third kappa shape index (κ3) is 4.99. The quantitative estimate of drug-likeness (QED) is 0.747. The van der Waals surface area contributed by atoms with Crippen molar-refractivity contribution in [2.45, 2.75) is 53.4 Å². The Hall–Kier alpha value is -1.32. The van der Waals surface area contributed by atoms with Crippen molar-refractivity contribution in [2.24, 2.45) is 5.92 Å². The Morgan fingerprint density at radius 3 is 2.55 bits per heavy atom. The Morgan fingerprint density at radius 1 is 1.20 bits per heavy atom. The highest BCUT2D eigenvalue weighted by atomic mass is 15.2. The summed E-state index contributed by atoms with van der Waals surface area (Å²) in [5.41, 5.74) is 1.26. The predicted molar refractivity (Wildman–Crippen MR) is 87.5 cm³/mol. The minimum Gasteiger partial charge on any atom is -0.370 e. The second-order valence-electron chi connectivity index (χ2n) is 5.81. The number of anilines is 2. The van der Waals surface area contributed by atoms with Gasteiger partial charge in [0.05, 0.1) is 0 Å². The van der Waals surface area contributed by atoms with Crippen LogP contribution < -0.4 is 10.2 Å². The van der Waals surface area contributed by atoms with Gasteiger partial charge in [0.15, 0.2) is 0 Å². The number of nitrogens with zero attached hydrogens (tertiary/aromatic N) is 3. The van der Waals surface area contributed by atoms with Crippen LogP contribution in [0.4, 0.5) is 11.6 Å². The SMILES string of the molecule is CCCNc1ncnc(N(C)CCC(C)C)c1CCC. The fraction of sp³-hybridized carbons (Fsp3) is 0.750. The molecule has 0 aliphatic carbocycles. The lowest BCUT2D eigenvalue weighted by molar-refractivity contribution is 0.582. The first-order valence-corrected chi connectivity index (χ1v) is 7.88. The molecular formula is C16H30N4. The van der Waals surface area contributed by atoms with E-state index in [1.165, 1.54) is 12.0 Å². The first-order chi connectivity index (χ1) is 9.60. The number of aromatic nitrogens is 2. The van der Waals surface area contributed by atoms with Gasteiger partial charge in [0.2, 0.25) is 0 Å². The molecule has 0 aromatic carbocycles. The molecule has 0 aliphatic rings. The van der Waals surface area contributed by atoms with Gasteiger partial charge in [0.1, 0.15) is 18.0 Å². The van der Waals surface area contributed by atoms with Gasteiger partial charge in [-0.15, -0.1) is 0 Å². The number of nitrogens with one attached hydrogen (secondary N) is 1. The molecule has 1 aromatic heterocycles. The van der Waals surface area contributed by atoms with E-state index >= 15 is 0 Å². The Labute approximate surface area is 124 Å². The van der Waals surface area contributed by atoms with Gasteiger partial charge < -0.3 is 10.2 Å². The topological polar surface area (TPSA) is 41.1 Å². The van der Waals surface area contributed by atoms with Gasteiger partial charge in [-0.2, -0.15) is 0 Å². The molecule has 1 N–H and O–H groups in total. The van der Waals surface area contributed by atoms with Crippen molar-refractivity contribution in [3.05, 3.63) is 11.9 Å². The first kappa shape index (κ1) is 16.7. The summed E-state index contributed by atoms with van der Waals surface area (Å²) in [7, 11) is 2.13. The van der Waals surface area contributed by atoms with Crippen LogP contribution in [-0.4, -0.2) is 30.1 Å². The Kier molecular flexibility index (Phi) is 7.34. The summed E-state index contributed by atoms with van der Waals surface area (Å²) >= 11 is 0. The average molecular weight is 278 g/mol. The first-order valence-electron chi connectivity index (χ1n) is 7.88.